The molecule has 0 amide bonds. The Morgan fingerprint density at radius 3 is 2.71 bits per heavy atom. The van der Waals surface area contributed by atoms with Gasteiger partial charge in [-0.15, -0.1) is 0 Å². The first kappa shape index (κ1) is 10.3. The second-order valence-electron chi connectivity index (χ2n) is 2.54. The zero-order chi connectivity index (χ0) is 10.7. The molecular weight excluding hydrogens is 192 g/mol. The first-order valence-corrected chi connectivity index (χ1v) is 3.68. The highest BCUT2D eigenvalue weighted by atomic mass is 19.3. The lowest BCUT2D eigenvalue weighted by atomic mass is 10.1. The van der Waals surface area contributed by atoms with E-state index in [1.165, 1.54) is 0 Å². The van der Waals surface area contributed by atoms with E-state index in [4.69, 9.17) is 16.1 Å². The molecule has 0 spiro atoms. The highest BCUT2D eigenvalue weighted by molar-refractivity contribution is 5.48. The number of nitriles is 1. The van der Waals surface area contributed by atoms with Gasteiger partial charge in [-0.1, -0.05) is 0 Å². The van der Waals surface area contributed by atoms with Crippen molar-refractivity contribution < 1.29 is 13.9 Å². The summed E-state index contributed by atoms with van der Waals surface area (Å²) in [5.41, 5.74) is 4.56. The number of hydrogen-bond acceptors (Lipinski definition) is 4. The fourth-order valence-corrected chi connectivity index (χ4v) is 1.07. The molecule has 0 unspecified atom stereocenters. The SMILES string of the molecule is N#Cc1cc(CO)c(C(F)F)c(N)n1. The second kappa shape index (κ2) is 3.98. The molecule has 1 aromatic rings. The molecule has 14 heavy (non-hydrogen) atoms. The van der Waals surface area contributed by atoms with Crippen LogP contribution >= 0.6 is 0 Å². The van der Waals surface area contributed by atoms with Crippen molar-refractivity contribution in [1.82, 2.24) is 4.98 Å². The van der Waals surface area contributed by atoms with Gasteiger partial charge in [0.2, 0.25) is 0 Å². The largest absolute Gasteiger partial charge is 0.392 e. The van der Waals surface area contributed by atoms with E-state index >= 15 is 0 Å². The van der Waals surface area contributed by atoms with Gasteiger partial charge in [-0.25, -0.2) is 13.8 Å². The summed E-state index contributed by atoms with van der Waals surface area (Å²) in [5.74, 6) is -0.414. The number of aliphatic hydroxyl groups excluding tert-OH is 1. The summed E-state index contributed by atoms with van der Waals surface area (Å²) in [6.07, 6.45) is -2.81. The second-order valence-corrected chi connectivity index (χ2v) is 2.54. The van der Waals surface area contributed by atoms with E-state index in [2.05, 4.69) is 4.98 Å². The smallest absolute Gasteiger partial charge is 0.267 e. The maximum atomic E-state index is 12.4. The van der Waals surface area contributed by atoms with E-state index in [0.717, 1.165) is 6.07 Å². The van der Waals surface area contributed by atoms with Crippen LogP contribution in [-0.2, 0) is 6.61 Å². The summed E-state index contributed by atoms with van der Waals surface area (Å²) in [5, 5.41) is 17.3. The molecule has 0 bridgehead atoms. The number of alkyl halides is 2. The normalized spacial score (nSPS) is 10.2. The Kier molecular flexibility index (Phi) is 2.94. The molecule has 0 fully saturated rings. The fraction of sp³-hybridized carbons (Fsp3) is 0.250. The maximum absolute atomic E-state index is 12.4. The number of nitrogens with zero attached hydrogens (tertiary/aromatic N) is 2. The van der Waals surface area contributed by atoms with Gasteiger partial charge in [0.05, 0.1) is 12.2 Å². The molecule has 3 N–H and O–H groups in total. The molecule has 4 nitrogen and oxygen atoms in total. The fourth-order valence-electron chi connectivity index (χ4n) is 1.07. The van der Waals surface area contributed by atoms with Crippen LogP contribution in [0.5, 0.6) is 0 Å². The lowest BCUT2D eigenvalue weighted by Gasteiger charge is -2.08. The molecule has 1 rings (SSSR count). The van der Waals surface area contributed by atoms with Crippen LogP contribution in [0.25, 0.3) is 0 Å². The quantitative estimate of drug-likeness (QED) is 0.743. The van der Waals surface area contributed by atoms with Crippen molar-refractivity contribution in [3.8, 4) is 6.07 Å². The maximum Gasteiger partial charge on any atom is 0.267 e. The van der Waals surface area contributed by atoms with Crippen molar-refractivity contribution >= 4 is 5.82 Å². The topological polar surface area (TPSA) is 82.9 Å². The van der Waals surface area contributed by atoms with Gasteiger partial charge in [-0.05, 0) is 11.6 Å². The number of pyridine rings is 1. The molecule has 0 saturated heterocycles. The lowest BCUT2D eigenvalue weighted by molar-refractivity contribution is 0.147. The Labute approximate surface area is 78.6 Å². The molecule has 0 saturated carbocycles. The van der Waals surface area contributed by atoms with E-state index in [-0.39, 0.29) is 11.3 Å². The van der Waals surface area contributed by atoms with Crippen LogP contribution in [0.1, 0.15) is 23.2 Å². The molecule has 74 valence electrons. The predicted octanol–water partition coefficient (Wildman–Crippen LogP) is 0.965. The predicted molar refractivity (Wildman–Crippen MR) is 44.2 cm³/mol. The summed E-state index contributed by atoms with van der Waals surface area (Å²) < 4.78 is 24.8. The van der Waals surface area contributed by atoms with Crippen LogP contribution in [0.3, 0.4) is 0 Å². The average Bonchev–Trinajstić information content (AvgIpc) is 2.15. The first-order valence-electron chi connectivity index (χ1n) is 3.68. The Balaban J connectivity index is 3.36. The third kappa shape index (κ3) is 1.78. The van der Waals surface area contributed by atoms with Crippen LogP contribution in [0.15, 0.2) is 6.07 Å². The number of aromatic nitrogens is 1. The van der Waals surface area contributed by atoms with Crippen molar-refractivity contribution in [2.24, 2.45) is 0 Å². The van der Waals surface area contributed by atoms with Gasteiger partial charge in [0.1, 0.15) is 17.6 Å². The third-order valence-electron chi connectivity index (χ3n) is 1.68. The van der Waals surface area contributed by atoms with Crippen molar-refractivity contribution in [3.05, 3.63) is 22.9 Å². The number of rotatable bonds is 2. The Morgan fingerprint density at radius 1 is 1.64 bits per heavy atom. The number of halogens is 2. The van der Waals surface area contributed by atoms with Gasteiger partial charge >= 0.3 is 0 Å². The molecule has 0 aliphatic rings. The van der Waals surface area contributed by atoms with Crippen LogP contribution < -0.4 is 5.73 Å². The van der Waals surface area contributed by atoms with Gasteiger partial charge in [0.25, 0.3) is 6.43 Å². The van der Waals surface area contributed by atoms with Crippen LogP contribution in [0, 0.1) is 11.3 Å². The van der Waals surface area contributed by atoms with Crippen LogP contribution in [0.4, 0.5) is 14.6 Å². The molecule has 1 heterocycles. The number of nitrogens with two attached hydrogens (primary N) is 1. The molecule has 1 aromatic heterocycles. The highest BCUT2D eigenvalue weighted by Gasteiger charge is 2.18. The lowest BCUT2D eigenvalue weighted by Crippen LogP contribution is -2.05. The number of nitrogen functional groups attached to an aromatic ring is 1. The Morgan fingerprint density at radius 2 is 2.29 bits per heavy atom. The summed E-state index contributed by atoms with van der Waals surface area (Å²) >= 11 is 0. The van der Waals surface area contributed by atoms with Crippen molar-refractivity contribution in [2.45, 2.75) is 13.0 Å². The molecule has 0 atom stereocenters. The Bertz CT molecular complexity index is 387. The molecule has 0 aromatic carbocycles. The summed E-state index contributed by atoms with van der Waals surface area (Å²) in [6.45, 7) is -0.596. The number of hydrogen-bond donors (Lipinski definition) is 2. The van der Waals surface area contributed by atoms with Crippen LogP contribution in [0.2, 0.25) is 0 Å². The Hall–Kier alpha value is -1.74. The van der Waals surface area contributed by atoms with Gasteiger partial charge in [-0.2, -0.15) is 5.26 Å². The van der Waals surface area contributed by atoms with Gasteiger partial charge in [0.15, 0.2) is 0 Å². The highest BCUT2D eigenvalue weighted by Crippen LogP contribution is 2.27. The van der Waals surface area contributed by atoms with Gasteiger partial charge in [-0.3, -0.25) is 0 Å². The zero-order valence-corrected chi connectivity index (χ0v) is 7.04. The molecular formula is C8H7F2N3O. The number of aliphatic hydroxyl groups is 1. The first-order chi connectivity index (χ1) is 6.60. The molecule has 6 heteroatoms. The molecule has 0 aliphatic carbocycles. The minimum atomic E-state index is -2.81. The van der Waals surface area contributed by atoms with Crippen molar-refractivity contribution in [2.75, 3.05) is 5.73 Å². The standard InChI is InChI=1S/C8H7F2N3O/c9-7(10)6-4(3-14)1-5(2-11)13-8(6)12/h1,7,14H,3H2,(H2,12,13). The van der Waals surface area contributed by atoms with E-state index in [0.29, 0.717) is 0 Å². The minimum Gasteiger partial charge on any atom is -0.392 e. The van der Waals surface area contributed by atoms with E-state index in [9.17, 15) is 8.78 Å². The summed E-state index contributed by atoms with van der Waals surface area (Å²) in [7, 11) is 0. The van der Waals surface area contributed by atoms with Crippen molar-refractivity contribution in [1.29, 1.82) is 5.26 Å². The minimum absolute atomic E-state index is 0.0657. The molecule has 0 radical (unpaired) electrons. The van der Waals surface area contributed by atoms with E-state index in [1.54, 1.807) is 6.07 Å². The summed E-state index contributed by atoms with van der Waals surface area (Å²) in [6, 6.07) is 2.76. The molecule has 0 aliphatic heterocycles. The van der Waals surface area contributed by atoms with E-state index in [1.807, 2.05) is 0 Å². The third-order valence-corrected chi connectivity index (χ3v) is 1.68. The van der Waals surface area contributed by atoms with E-state index < -0.39 is 24.4 Å². The number of anilines is 1. The summed E-state index contributed by atoms with van der Waals surface area (Å²) in [4.78, 5) is 3.45. The monoisotopic (exact) mass is 199 g/mol. The van der Waals surface area contributed by atoms with Gasteiger partial charge < -0.3 is 10.8 Å². The average molecular weight is 199 g/mol. The van der Waals surface area contributed by atoms with Gasteiger partial charge in [0, 0.05) is 0 Å². The van der Waals surface area contributed by atoms with Crippen LogP contribution in [-0.4, -0.2) is 10.1 Å². The zero-order valence-electron chi connectivity index (χ0n) is 7.04. The van der Waals surface area contributed by atoms with Crippen molar-refractivity contribution in [3.63, 3.8) is 0 Å².